The normalized spacial score (nSPS) is 30.0. The molecule has 0 saturated heterocycles. The summed E-state index contributed by atoms with van der Waals surface area (Å²) < 4.78 is 2.51. The number of fused-ring (bicyclic) bond motifs is 1. The van der Waals surface area contributed by atoms with E-state index in [1.807, 2.05) is 0 Å². The van der Waals surface area contributed by atoms with Crippen molar-refractivity contribution in [1.29, 1.82) is 0 Å². The van der Waals surface area contributed by atoms with Crippen LogP contribution >= 0.6 is 0 Å². The van der Waals surface area contributed by atoms with Crippen molar-refractivity contribution < 1.29 is 0 Å². The van der Waals surface area contributed by atoms with Crippen LogP contribution < -0.4 is 5.73 Å². The van der Waals surface area contributed by atoms with Crippen LogP contribution in [0.15, 0.2) is 18.2 Å². The average molecular weight is 283 g/mol. The smallest absolute Gasteiger partial charge is 0.117 e. The van der Waals surface area contributed by atoms with Crippen molar-refractivity contribution in [3.63, 3.8) is 0 Å². The Balaban J connectivity index is 1.93. The third-order valence-corrected chi connectivity index (χ3v) is 5.55. The minimum absolute atomic E-state index is 0.0355. The Morgan fingerprint density at radius 2 is 2.05 bits per heavy atom. The molecule has 21 heavy (non-hydrogen) atoms. The molecule has 1 heterocycles. The molecular weight excluding hydrogens is 258 g/mol. The fraction of sp³-hybridized carbons (Fsp3) is 0.611. The van der Waals surface area contributed by atoms with E-state index in [4.69, 9.17) is 10.7 Å². The lowest BCUT2D eigenvalue weighted by Gasteiger charge is -2.39. The fourth-order valence-electron chi connectivity index (χ4n) is 3.95. The van der Waals surface area contributed by atoms with Gasteiger partial charge in [-0.15, -0.1) is 0 Å². The molecule has 2 aliphatic rings. The summed E-state index contributed by atoms with van der Waals surface area (Å²) in [6.45, 7) is 4.48. The van der Waals surface area contributed by atoms with Crippen LogP contribution in [0.5, 0.6) is 0 Å². The minimum Gasteiger partial charge on any atom is -0.327 e. The molecule has 4 rings (SSSR count). The highest BCUT2D eigenvalue weighted by Gasteiger charge is 2.42. The second-order valence-corrected chi connectivity index (χ2v) is 7.30. The van der Waals surface area contributed by atoms with Crippen LogP contribution in [-0.2, 0) is 5.41 Å². The van der Waals surface area contributed by atoms with Gasteiger partial charge in [-0.25, -0.2) is 4.98 Å². The summed E-state index contributed by atoms with van der Waals surface area (Å²) in [5.41, 5.74) is 10.3. The van der Waals surface area contributed by atoms with E-state index in [0.717, 1.165) is 11.9 Å². The number of hydrogen-bond acceptors (Lipinski definition) is 2. The Morgan fingerprint density at radius 1 is 1.24 bits per heavy atom. The third-order valence-electron chi connectivity index (χ3n) is 5.55. The lowest BCUT2D eigenvalue weighted by atomic mass is 9.71. The number of nitrogens with zero attached hydrogens (tertiary/aromatic N) is 2. The van der Waals surface area contributed by atoms with Gasteiger partial charge in [0.1, 0.15) is 5.82 Å². The van der Waals surface area contributed by atoms with Crippen molar-refractivity contribution in [2.45, 2.75) is 69.9 Å². The highest BCUT2D eigenvalue weighted by Crippen LogP contribution is 2.45. The number of aryl methyl sites for hydroxylation is 1. The number of imidazole rings is 1. The molecule has 0 amide bonds. The molecule has 0 radical (unpaired) electrons. The van der Waals surface area contributed by atoms with Gasteiger partial charge in [0.25, 0.3) is 0 Å². The van der Waals surface area contributed by atoms with Crippen LogP contribution in [0, 0.1) is 6.92 Å². The second-order valence-electron chi connectivity index (χ2n) is 7.30. The van der Waals surface area contributed by atoms with Gasteiger partial charge in [0.2, 0.25) is 0 Å². The third kappa shape index (κ3) is 2.02. The molecule has 2 unspecified atom stereocenters. The first-order valence-electron chi connectivity index (χ1n) is 8.34. The molecule has 2 aliphatic carbocycles. The number of nitrogens with two attached hydrogens (primary N) is 1. The molecule has 2 N–H and O–H groups in total. The largest absolute Gasteiger partial charge is 0.327 e. The number of rotatable bonds is 2. The van der Waals surface area contributed by atoms with Crippen LogP contribution in [0.4, 0.5) is 0 Å². The van der Waals surface area contributed by atoms with E-state index in [1.165, 1.54) is 49.0 Å². The molecule has 3 heteroatoms. The molecule has 0 spiro atoms. The van der Waals surface area contributed by atoms with Gasteiger partial charge in [0, 0.05) is 17.5 Å². The number of aromatic nitrogens is 2. The zero-order valence-electron chi connectivity index (χ0n) is 13.1. The van der Waals surface area contributed by atoms with Gasteiger partial charge in [-0.3, -0.25) is 0 Å². The molecule has 2 saturated carbocycles. The van der Waals surface area contributed by atoms with Gasteiger partial charge in [-0.1, -0.05) is 25.8 Å². The average Bonchev–Trinajstić information content (AvgIpc) is 3.22. The Kier molecular flexibility index (Phi) is 2.90. The quantitative estimate of drug-likeness (QED) is 0.910. The molecule has 1 aromatic carbocycles. The summed E-state index contributed by atoms with van der Waals surface area (Å²) >= 11 is 0. The van der Waals surface area contributed by atoms with Gasteiger partial charge in [0.15, 0.2) is 0 Å². The van der Waals surface area contributed by atoms with Gasteiger partial charge < -0.3 is 10.3 Å². The van der Waals surface area contributed by atoms with E-state index in [9.17, 15) is 0 Å². The van der Waals surface area contributed by atoms with Crippen LogP contribution in [-0.4, -0.2) is 15.6 Å². The van der Waals surface area contributed by atoms with Crippen molar-refractivity contribution in [3.8, 4) is 0 Å². The first kappa shape index (κ1) is 13.3. The molecule has 3 nitrogen and oxygen atoms in total. The molecule has 112 valence electrons. The summed E-state index contributed by atoms with van der Waals surface area (Å²) in [5.74, 6) is 1.25. The van der Waals surface area contributed by atoms with E-state index >= 15 is 0 Å². The molecule has 2 aromatic rings. The van der Waals surface area contributed by atoms with Crippen molar-refractivity contribution in [1.82, 2.24) is 9.55 Å². The Bertz CT molecular complexity index is 683. The van der Waals surface area contributed by atoms with Crippen molar-refractivity contribution >= 4 is 11.0 Å². The summed E-state index contributed by atoms with van der Waals surface area (Å²) in [5, 5.41) is 0. The second kappa shape index (κ2) is 4.57. The van der Waals surface area contributed by atoms with E-state index in [2.05, 4.69) is 36.6 Å². The van der Waals surface area contributed by atoms with E-state index < -0.39 is 0 Å². The summed E-state index contributed by atoms with van der Waals surface area (Å²) in [6.07, 6.45) is 7.42. The van der Waals surface area contributed by atoms with E-state index in [1.54, 1.807) is 0 Å². The highest BCUT2D eigenvalue weighted by atomic mass is 15.1. The van der Waals surface area contributed by atoms with Crippen LogP contribution in [0.1, 0.15) is 62.9 Å². The van der Waals surface area contributed by atoms with Gasteiger partial charge in [-0.2, -0.15) is 0 Å². The number of hydrogen-bond donors (Lipinski definition) is 1. The van der Waals surface area contributed by atoms with Gasteiger partial charge in [-0.05, 0) is 50.3 Å². The maximum atomic E-state index is 6.53. The molecular formula is C18H25N3. The topological polar surface area (TPSA) is 43.8 Å². The first-order valence-corrected chi connectivity index (χ1v) is 8.34. The SMILES string of the molecule is Cc1ccc2c(c1)nc(C1(C)CCCCC1N)n2C1CC1. The maximum absolute atomic E-state index is 6.53. The zero-order chi connectivity index (χ0) is 14.6. The van der Waals surface area contributed by atoms with E-state index in [0.29, 0.717) is 6.04 Å². The Morgan fingerprint density at radius 3 is 2.76 bits per heavy atom. The predicted octanol–water partition coefficient (Wildman–Crippen LogP) is 3.84. The molecule has 1 aromatic heterocycles. The van der Waals surface area contributed by atoms with E-state index in [-0.39, 0.29) is 11.5 Å². The number of benzene rings is 1. The molecule has 0 aliphatic heterocycles. The minimum atomic E-state index is 0.0355. The van der Waals surface area contributed by atoms with Crippen molar-refractivity contribution in [2.24, 2.45) is 5.73 Å². The van der Waals surface area contributed by atoms with Crippen LogP contribution in [0.25, 0.3) is 11.0 Å². The van der Waals surface area contributed by atoms with Crippen LogP contribution in [0.3, 0.4) is 0 Å². The van der Waals surface area contributed by atoms with Crippen molar-refractivity contribution in [2.75, 3.05) is 0 Å². The Hall–Kier alpha value is -1.35. The zero-order valence-corrected chi connectivity index (χ0v) is 13.1. The highest BCUT2D eigenvalue weighted by molar-refractivity contribution is 5.77. The first-order chi connectivity index (χ1) is 10.1. The van der Waals surface area contributed by atoms with Crippen molar-refractivity contribution in [3.05, 3.63) is 29.6 Å². The summed E-state index contributed by atoms with van der Waals surface area (Å²) in [6, 6.07) is 7.56. The molecule has 0 bridgehead atoms. The summed E-state index contributed by atoms with van der Waals surface area (Å²) in [4.78, 5) is 5.06. The Labute approximate surface area is 126 Å². The summed E-state index contributed by atoms with van der Waals surface area (Å²) in [7, 11) is 0. The molecule has 2 atom stereocenters. The van der Waals surface area contributed by atoms with Crippen LogP contribution in [0.2, 0.25) is 0 Å². The maximum Gasteiger partial charge on any atom is 0.117 e. The lowest BCUT2D eigenvalue weighted by Crippen LogP contribution is -2.47. The standard InChI is InChI=1S/C18H25N3/c1-12-6-9-15-14(11-12)20-17(21(15)13-7-8-13)18(2)10-4-3-5-16(18)19/h6,9,11,13,16H,3-5,7-8,10,19H2,1-2H3. The fourth-order valence-corrected chi connectivity index (χ4v) is 3.95. The lowest BCUT2D eigenvalue weighted by molar-refractivity contribution is 0.252. The molecule has 2 fully saturated rings. The van der Waals surface area contributed by atoms with Gasteiger partial charge in [0.05, 0.1) is 11.0 Å². The van der Waals surface area contributed by atoms with Gasteiger partial charge >= 0.3 is 0 Å². The predicted molar refractivity (Wildman–Crippen MR) is 86.5 cm³/mol. The monoisotopic (exact) mass is 283 g/mol.